The van der Waals surface area contributed by atoms with Gasteiger partial charge < -0.3 is 0 Å². The standard InChI is InChI=1S/C48H30N4OSe/c54-44-36(30-14-5-1-6-15-30)22-13-23-38(44)39-28-34-25-27-41-43(49-48(53-41)33-20-11-4-12-21-33)42(34)40-29-35(24-26-37(39)40)47-51-45(31-16-7-2-8-17-31)50-46(52-47)32-18-9-3-10-19-32/h1-29,54H. The third kappa shape index (κ3) is 5.66. The summed E-state index contributed by atoms with van der Waals surface area (Å²) in [7, 11) is 0. The van der Waals surface area contributed by atoms with Crippen molar-refractivity contribution in [1.82, 2.24) is 19.9 Å². The van der Waals surface area contributed by atoms with Crippen LogP contribution in [0.1, 0.15) is 0 Å². The average molecular weight is 758 g/mol. The Balaban J connectivity index is 1.25. The molecule has 0 spiro atoms. The number of rotatable bonds is 6. The summed E-state index contributed by atoms with van der Waals surface area (Å²) in [5.74, 6) is 2.43. The molecule has 0 aliphatic rings. The van der Waals surface area contributed by atoms with E-state index in [0.29, 0.717) is 23.4 Å². The zero-order chi connectivity index (χ0) is 36.0. The van der Waals surface area contributed by atoms with Crippen molar-refractivity contribution >= 4 is 53.1 Å². The van der Waals surface area contributed by atoms with Crippen LogP contribution in [0.3, 0.4) is 0 Å². The normalized spacial score (nSPS) is 11.4. The average Bonchev–Trinajstić information content (AvgIpc) is 3.69. The molecule has 0 aliphatic carbocycles. The van der Waals surface area contributed by atoms with Crippen molar-refractivity contribution in [2.45, 2.75) is 0 Å². The second-order valence-corrected chi connectivity index (χ2v) is 14.1. The molecule has 254 valence electrons. The minimum atomic E-state index is 0.590. The molecule has 0 amide bonds. The van der Waals surface area contributed by atoms with E-state index >= 15 is 0 Å². The van der Waals surface area contributed by atoms with Crippen molar-refractivity contribution in [1.29, 1.82) is 0 Å². The van der Waals surface area contributed by atoms with Crippen LogP contribution in [-0.4, -0.2) is 35.9 Å². The van der Waals surface area contributed by atoms with Gasteiger partial charge in [0.1, 0.15) is 0 Å². The number of benzene rings is 8. The van der Waals surface area contributed by atoms with E-state index < -0.39 is 0 Å². The fourth-order valence-electron chi connectivity index (χ4n) is 7.25. The van der Waals surface area contributed by atoms with E-state index in [9.17, 15) is 0 Å². The van der Waals surface area contributed by atoms with Crippen LogP contribution in [0.4, 0.5) is 0 Å². The zero-order valence-electron chi connectivity index (χ0n) is 28.9. The van der Waals surface area contributed by atoms with Crippen LogP contribution in [0.25, 0.3) is 101 Å². The van der Waals surface area contributed by atoms with Crippen molar-refractivity contribution in [2.24, 2.45) is 0 Å². The number of fused-ring (bicyclic) bond motifs is 5. The summed E-state index contributed by atoms with van der Waals surface area (Å²) < 4.78 is 7.57. The topological polar surface area (TPSA) is 64.7 Å². The van der Waals surface area contributed by atoms with E-state index in [-0.39, 0.29) is 0 Å². The van der Waals surface area contributed by atoms with E-state index in [1.807, 2.05) is 97.1 Å². The molecule has 0 aliphatic heterocycles. The van der Waals surface area contributed by atoms with Crippen LogP contribution in [0, 0.1) is 0 Å². The van der Waals surface area contributed by atoms with Gasteiger partial charge in [-0.1, -0.05) is 42.5 Å². The number of aromatic nitrogens is 4. The van der Waals surface area contributed by atoms with E-state index in [0.717, 1.165) is 70.5 Å². The van der Waals surface area contributed by atoms with Crippen LogP contribution in [0.2, 0.25) is 0 Å². The van der Waals surface area contributed by atoms with E-state index in [2.05, 4.69) is 94.9 Å². The van der Waals surface area contributed by atoms with Gasteiger partial charge in [-0.2, -0.15) is 0 Å². The van der Waals surface area contributed by atoms with Crippen molar-refractivity contribution in [3.05, 3.63) is 176 Å². The first kappa shape index (κ1) is 32.0. The Morgan fingerprint density at radius 3 is 1.57 bits per heavy atom. The summed E-state index contributed by atoms with van der Waals surface area (Å²) in [5.41, 5.74) is 9.87. The Kier molecular flexibility index (Phi) is 7.91. The van der Waals surface area contributed by atoms with Gasteiger partial charge in [-0.15, -0.1) is 0 Å². The van der Waals surface area contributed by atoms with Gasteiger partial charge in [0.25, 0.3) is 0 Å². The summed E-state index contributed by atoms with van der Waals surface area (Å²) in [5, 5.41) is 4.23. The molecule has 2 heterocycles. The molecule has 10 aromatic rings. The van der Waals surface area contributed by atoms with Crippen molar-refractivity contribution in [3.63, 3.8) is 0 Å². The predicted octanol–water partition coefficient (Wildman–Crippen LogP) is 10.8. The SMILES string of the molecule is [SeH]c1c(-c2ccccc2)cccc1-c1cc2ccc3oc(-c4ccccc4)nc3c2c2cc(-c3nc(-c4ccccc4)nc(-c4ccccc4)n3)ccc12. The Hall–Kier alpha value is -6.72. The molecule has 54 heavy (non-hydrogen) atoms. The minimum absolute atomic E-state index is 0.590. The quantitative estimate of drug-likeness (QED) is 0.125. The fourth-order valence-corrected chi connectivity index (χ4v) is 8.08. The van der Waals surface area contributed by atoms with Crippen molar-refractivity contribution in [2.75, 3.05) is 0 Å². The maximum absolute atomic E-state index is 6.41. The fraction of sp³-hybridized carbons (Fsp3) is 0. The van der Waals surface area contributed by atoms with Crippen LogP contribution in [0.15, 0.2) is 180 Å². The van der Waals surface area contributed by atoms with Gasteiger partial charge in [-0.25, -0.2) is 0 Å². The maximum atomic E-state index is 6.41. The summed E-state index contributed by atoms with van der Waals surface area (Å²) in [6, 6.07) is 60.3. The second-order valence-electron chi connectivity index (χ2n) is 13.2. The van der Waals surface area contributed by atoms with E-state index in [4.69, 9.17) is 24.4 Å². The predicted molar refractivity (Wildman–Crippen MR) is 222 cm³/mol. The molecule has 0 saturated heterocycles. The molecule has 6 heteroatoms. The molecule has 5 nitrogen and oxygen atoms in total. The Labute approximate surface area is 319 Å². The summed E-state index contributed by atoms with van der Waals surface area (Å²) in [4.78, 5) is 20.2. The first-order chi connectivity index (χ1) is 26.7. The molecule has 0 bridgehead atoms. The second kappa shape index (κ2) is 13.4. The summed E-state index contributed by atoms with van der Waals surface area (Å²) >= 11 is 2.82. The van der Waals surface area contributed by atoms with Crippen LogP contribution < -0.4 is 4.46 Å². The molecule has 0 radical (unpaired) electrons. The monoisotopic (exact) mass is 758 g/mol. The molecule has 0 N–H and O–H groups in total. The first-order valence-electron chi connectivity index (χ1n) is 17.8. The summed E-state index contributed by atoms with van der Waals surface area (Å²) in [6.45, 7) is 0. The Bertz CT molecular complexity index is 2930. The van der Waals surface area contributed by atoms with Gasteiger partial charge >= 0.3 is 279 Å². The summed E-state index contributed by atoms with van der Waals surface area (Å²) in [6.07, 6.45) is 0. The van der Waals surface area contributed by atoms with Crippen LogP contribution in [0.5, 0.6) is 0 Å². The van der Waals surface area contributed by atoms with Gasteiger partial charge in [-0.3, -0.25) is 0 Å². The molecular weight excluding hydrogens is 728 g/mol. The third-order valence-electron chi connectivity index (χ3n) is 9.86. The molecular formula is C48H30N4OSe. The molecule has 2 aromatic heterocycles. The van der Waals surface area contributed by atoms with Crippen molar-refractivity contribution < 1.29 is 4.42 Å². The molecule has 0 fully saturated rings. The molecule has 8 aromatic carbocycles. The number of hydrogen-bond acceptors (Lipinski definition) is 5. The van der Waals surface area contributed by atoms with Gasteiger partial charge in [0, 0.05) is 0 Å². The van der Waals surface area contributed by atoms with E-state index in [1.54, 1.807) is 0 Å². The third-order valence-corrected chi connectivity index (χ3v) is 10.9. The van der Waals surface area contributed by atoms with Crippen molar-refractivity contribution in [3.8, 4) is 67.9 Å². The Morgan fingerprint density at radius 1 is 0.389 bits per heavy atom. The molecule has 0 atom stereocenters. The number of hydrogen-bond donors (Lipinski definition) is 0. The van der Waals surface area contributed by atoms with Gasteiger partial charge in [0.05, 0.1) is 0 Å². The zero-order valence-corrected chi connectivity index (χ0v) is 30.8. The van der Waals surface area contributed by atoms with Crippen LogP contribution >= 0.6 is 0 Å². The van der Waals surface area contributed by atoms with Crippen LogP contribution in [-0.2, 0) is 0 Å². The molecule has 10 rings (SSSR count). The Morgan fingerprint density at radius 2 is 0.944 bits per heavy atom. The van der Waals surface area contributed by atoms with Gasteiger partial charge in [0.15, 0.2) is 0 Å². The molecule has 0 unspecified atom stereocenters. The van der Waals surface area contributed by atoms with Gasteiger partial charge in [-0.05, 0) is 0 Å². The number of nitrogens with zero attached hydrogens (tertiary/aromatic N) is 4. The molecule has 0 saturated carbocycles. The van der Waals surface area contributed by atoms with Gasteiger partial charge in [0.2, 0.25) is 0 Å². The first-order valence-corrected chi connectivity index (χ1v) is 18.7. The number of oxazole rings is 1. The van der Waals surface area contributed by atoms with E-state index in [1.165, 1.54) is 11.1 Å².